The van der Waals surface area contributed by atoms with Gasteiger partial charge in [-0.15, -0.1) is 0 Å². The number of aromatic nitrogens is 2. The first-order valence-corrected chi connectivity index (χ1v) is 4.52. The summed E-state index contributed by atoms with van der Waals surface area (Å²) in [6.07, 6.45) is 1.64. The van der Waals surface area contributed by atoms with Crippen LogP contribution in [0.25, 0.3) is 11.4 Å². The lowest BCUT2D eigenvalue weighted by Crippen LogP contribution is -1.94. The van der Waals surface area contributed by atoms with E-state index in [2.05, 4.69) is 9.97 Å². The van der Waals surface area contributed by atoms with Crippen molar-refractivity contribution in [1.29, 1.82) is 0 Å². The van der Waals surface area contributed by atoms with Crippen molar-refractivity contribution in [3.05, 3.63) is 36.5 Å². The third kappa shape index (κ3) is 2.04. The van der Waals surface area contributed by atoms with E-state index in [1.165, 1.54) is 0 Å². The first-order valence-electron chi connectivity index (χ1n) is 4.52. The zero-order valence-corrected chi connectivity index (χ0v) is 8.34. The molecule has 2 rings (SSSR count). The monoisotopic (exact) mass is 201 g/mol. The molecule has 0 fully saturated rings. The van der Waals surface area contributed by atoms with Gasteiger partial charge in [-0.1, -0.05) is 12.1 Å². The van der Waals surface area contributed by atoms with E-state index in [4.69, 9.17) is 10.5 Å². The van der Waals surface area contributed by atoms with E-state index in [-0.39, 0.29) is 0 Å². The number of benzene rings is 1. The van der Waals surface area contributed by atoms with Crippen LogP contribution in [0.1, 0.15) is 0 Å². The van der Waals surface area contributed by atoms with E-state index in [9.17, 15) is 0 Å². The van der Waals surface area contributed by atoms with Gasteiger partial charge in [0, 0.05) is 11.8 Å². The number of hydrogen-bond donors (Lipinski definition) is 1. The normalized spacial score (nSPS) is 9.93. The second-order valence-corrected chi connectivity index (χ2v) is 3.04. The summed E-state index contributed by atoms with van der Waals surface area (Å²) in [5, 5.41) is 0. The predicted octanol–water partition coefficient (Wildman–Crippen LogP) is 1.73. The fourth-order valence-corrected chi connectivity index (χ4v) is 1.27. The van der Waals surface area contributed by atoms with E-state index in [0.29, 0.717) is 11.6 Å². The minimum absolute atomic E-state index is 0.461. The maximum absolute atomic E-state index is 5.58. The largest absolute Gasteiger partial charge is 0.497 e. The Morgan fingerprint density at radius 1 is 1.27 bits per heavy atom. The average molecular weight is 201 g/mol. The van der Waals surface area contributed by atoms with Crippen molar-refractivity contribution in [1.82, 2.24) is 9.97 Å². The fourth-order valence-electron chi connectivity index (χ4n) is 1.27. The molecule has 2 aromatic rings. The maximum atomic E-state index is 5.58. The molecule has 0 spiro atoms. The third-order valence-corrected chi connectivity index (χ3v) is 2.01. The molecule has 1 heterocycles. The van der Waals surface area contributed by atoms with Gasteiger partial charge in [-0.05, 0) is 18.2 Å². The van der Waals surface area contributed by atoms with E-state index in [1.807, 2.05) is 24.3 Å². The molecule has 1 aromatic heterocycles. The van der Waals surface area contributed by atoms with Crippen molar-refractivity contribution in [2.45, 2.75) is 0 Å². The molecule has 0 atom stereocenters. The van der Waals surface area contributed by atoms with Gasteiger partial charge in [-0.25, -0.2) is 9.97 Å². The summed E-state index contributed by atoms with van der Waals surface area (Å²) in [5.74, 6) is 1.84. The number of nitrogens with zero attached hydrogens (tertiary/aromatic N) is 2. The topological polar surface area (TPSA) is 61.0 Å². The van der Waals surface area contributed by atoms with Crippen LogP contribution in [0, 0.1) is 0 Å². The van der Waals surface area contributed by atoms with E-state index < -0.39 is 0 Å². The summed E-state index contributed by atoms with van der Waals surface area (Å²) < 4.78 is 5.12. The summed E-state index contributed by atoms with van der Waals surface area (Å²) in [6, 6.07) is 9.20. The summed E-state index contributed by atoms with van der Waals surface area (Å²) in [6.45, 7) is 0. The molecule has 0 unspecified atom stereocenters. The second-order valence-electron chi connectivity index (χ2n) is 3.04. The van der Waals surface area contributed by atoms with Crippen LogP contribution in [0.15, 0.2) is 36.5 Å². The fraction of sp³-hybridized carbons (Fsp3) is 0.0909. The van der Waals surface area contributed by atoms with Gasteiger partial charge in [0.25, 0.3) is 0 Å². The van der Waals surface area contributed by atoms with Crippen molar-refractivity contribution < 1.29 is 4.74 Å². The molecule has 15 heavy (non-hydrogen) atoms. The lowest BCUT2D eigenvalue weighted by molar-refractivity contribution is 0.415. The Bertz CT molecular complexity index is 471. The van der Waals surface area contributed by atoms with Crippen LogP contribution in [0.2, 0.25) is 0 Å². The molecule has 0 saturated heterocycles. The Hall–Kier alpha value is -2.10. The highest BCUT2D eigenvalue weighted by Gasteiger charge is 2.02. The van der Waals surface area contributed by atoms with Crippen LogP contribution in [0.4, 0.5) is 5.82 Å². The van der Waals surface area contributed by atoms with Gasteiger partial charge in [0.1, 0.15) is 11.6 Å². The number of methoxy groups -OCH3 is 1. The average Bonchev–Trinajstić information content (AvgIpc) is 2.29. The minimum atomic E-state index is 0.461. The molecule has 2 N–H and O–H groups in total. The van der Waals surface area contributed by atoms with Crippen molar-refractivity contribution in [3.63, 3.8) is 0 Å². The summed E-state index contributed by atoms with van der Waals surface area (Å²) in [7, 11) is 1.62. The molecular weight excluding hydrogens is 190 g/mol. The van der Waals surface area contributed by atoms with Crippen molar-refractivity contribution in [2.24, 2.45) is 0 Å². The zero-order chi connectivity index (χ0) is 10.7. The second kappa shape index (κ2) is 3.96. The molecule has 76 valence electrons. The quantitative estimate of drug-likeness (QED) is 0.803. The highest BCUT2D eigenvalue weighted by atomic mass is 16.5. The van der Waals surface area contributed by atoms with E-state index >= 15 is 0 Å². The molecule has 0 aliphatic rings. The Morgan fingerprint density at radius 2 is 2.13 bits per heavy atom. The van der Waals surface area contributed by atoms with Crippen LogP contribution in [0.5, 0.6) is 5.75 Å². The number of nitrogens with two attached hydrogens (primary N) is 1. The van der Waals surface area contributed by atoms with E-state index in [0.717, 1.165) is 11.3 Å². The van der Waals surface area contributed by atoms with E-state index in [1.54, 1.807) is 19.4 Å². The van der Waals surface area contributed by atoms with Crippen LogP contribution in [0.3, 0.4) is 0 Å². The van der Waals surface area contributed by atoms with Gasteiger partial charge in [-0.2, -0.15) is 0 Å². The van der Waals surface area contributed by atoms with Gasteiger partial charge in [0.2, 0.25) is 0 Å². The zero-order valence-electron chi connectivity index (χ0n) is 8.34. The van der Waals surface area contributed by atoms with Gasteiger partial charge in [0.05, 0.1) is 7.11 Å². The van der Waals surface area contributed by atoms with Crippen LogP contribution in [-0.4, -0.2) is 17.1 Å². The molecule has 0 bridgehead atoms. The van der Waals surface area contributed by atoms with Crippen molar-refractivity contribution in [2.75, 3.05) is 12.8 Å². The minimum Gasteiger partial charge on any atom is -0.497 e. The molecule has 4 heteroatoms. The molecule has 0 aliphatic heterocycles. The number of ether oxygens (including phenoxy) is 1. The molecule has 0 radical (unpaired) electrons. The standard InChI is InChI=1S/C11H11N3O/c1-15-9-4-2-3-8(7-9)11-13-6-5-10(12)14-11/h2-7H,1H3,(H2,12,13,14). The van der Waals surface area contributed by atoms with Gasteiger partial charge in [-0.3, -0.25) is 0 Å². The SMILES string of the molecule is COc1cccc(-c2nccc(N)n2)c1. The maximum Gasteiger partial charge on any atom is 0.161 e. The Morgan fingerprint density at radius 3 is 2.87 bits per heavy atom. The molecular formula is C11H11N3O. The lowest BCUT2D eigenvalue weighted by atomic mass is 10.2. The molecule has 0 amide bonds. The number of anilines is 1. The van der Waals surface area contributed by atoms with Gasteiger partial charge in [0.15, 0.2) is 5.82 Å². The number of nitrogen functional groups attached to an aromatic ring is 1. The van der Waals surface area contributed by atoms with Crippen molar-refractivity contribution >= 4 is 5.82 Å². The Labute approximate surface area is 87.7 Å². The lowest BCUT2D eigenvalue weighted by Gasteiger charge is -2.03. The van der Waals surface area contributed by atoms with Gasteiger partial charge < -0.3 is 10.5 Å². The summed E-state index contributed by atoms with van der Waals surface area (Å²) in [5.41, 5.74) is 6.47. The first-order chi connectivity index (χ1) is 7.29. The van der Waals surface area contributed by atoms with Crippen LogP contribution in [-0.2, 0) is 0 Å². The first kappa shape index (κ1) is 9.45. The number of rotatable bonds is 2. The molecule has 0 aliphatic carbocycles. The highest BCUT2D eigenvalue weighted by Crippen LogP contribution is 2.20. The summed E-state index contributed by atoms with van der Waals surface area (Å²) >= 11 is 0. The van der Waals surface area contributed by atoms with Crippen LogP contribution < -0.4 is 10.5 Å². The number of hydrogen-bond acceptors (Lipinski definition) is 4. The Balaban J connectivity index is 2.44. The van der Waals surface area contributed by atoms with Gasteiger partial charge >= 0.3 is 0 Å². The van der Waals surface area contributed by atoms with Crippen LogP contribution >= 0.6 is 0 Å². The highest BCUT2D eigenvalue weighted by molar-refractivity contribution is 5.58. The summed E-state index contributed by atoms with van der Waals surface area (Å²) in [4.78, 5) is 8.27. The Kier molecular flexibility index (Phi) is 2.49. The molecule has 1 aromatic carbocycles. The third-order valence-electron chi connectivity index (χ3n) is 2.01. The van der Waals surface area contributed by atoms with Crippen molar-refractivity contribution in [3.8, 4) is 17.1 Å². The predicted molar refractivity (Wildman–Crippen MR) is 58.4 cm³/mol. The molecule has 0 saturated carbocycles. The molecule has 4 nitrogen and oxygen atoms in total. The smallest absolute Gasteiger partial charge is 0.161 e.